The van der Waals surface area contributed by atoms with E-state index in [0.717, 1.165) is 30.3 Å². The predicted octanol–water partition coefficient (Wildman–Crippen LogP) is 3.98. The molecule has 4 heterocycles. The zero-order valence-electron chi connectivity index (χ0n) is 20.8. The van der Waals surface area contributed by atoms with Gasteiger partial charge in [0.2, 0.25) is 11.8 Å². The van der Waals surface area contributed by atoms with Crippen molar-refractivity contribution in [2.75, 3.05) is 19.6 Å². The number of likely N-dealkylation sites (tertiary alicyclic amines) is 2. The molecule has 2 saturated heterocycles. The fraction of sp³-hybridized carbons (Fsp3) is 0.429. The van der Waals surface area contributed by atoms with Gasteiger partial charge in [0.05, 0.1) is 18.0 Å². The quantitative estimate of drug-likeness (QED) is 0.525. The van der Waals surface area contributed by atoms with Crippen molar-refractivity contribution < 1.29 is 14.0 Å². The normalized spacial score (nSPS) is 22.1. The molecule has 1 aromatic carbocycles. The Morgan fingerprint density at radius 2 is 1.97 bits per heavy atom. The molecule has 7 nitrogen and oxygen atoms in total. The lowest BCUT2D eigenvalue weighted by molar-refractivity contribution is -0.147. The van der Waals surface area contributed by atoms with Crippen molar-refractivity contribution >= 4 is 11.8 Å². The van der Waals surface area contributed by atoms with Gasteiger partial charge < -0.3 is 9.80 Å². The highest BCUT2D eigenvalue weighted by atomic mass is 19.1. The molecule has 2 aromatic heterocycles. The Balaban J connectivity index is 1.46. The summed E-state index contributed by atoms with van der Waals surface area (Å²) >= 11 is 0. The molecule has 0 saturated carbocycles. The SMILES string of the molecule is CC(C)n1nccc1[C@@H]1CN(C(=O)Cc2ccc(F)cn2)C[C@]12CCCN(Cc1ccccc1)C2=O. The number of rotatable bonds is 6. The summed E-state index contributed by atoms with van der Waals surface area (Å²) in [5.74, 6) is -0.577. The van der Waals surface area contributed by atoms with E-state index in [9.17, 15) is 14.0 Å². The summed E-state index contributed by atoms with van der Waals surface area (Å²) in [6.07, 6.45) is 4.60. The van der Waals surface area contributed by atoms with E-state index in [1.54, 1.807) is 11.1 Å². The molecule has 2 fully saturated rings. The summed E-state index contributed by atoms with van der Waals surface area (Å²) in [6.45, 7) is 6.23. The molecule has 36 heavy (non-hydrogen) atoms. The van der Waals surface area contributed by atoms with Crippen LogP contribution in [-0.4, -0.2) is 56.0 Å². The standard InChI is InChI=1S/C28H32FN5O2/c1-20(2)34-25(11-13-31-34)24-18-33(26(35)15-23-10-9-22(29)16-30-23)19-28(24)12-6-14-32(27(28)36)17-21-7-4-3-5-8-21/h3-5,7-11,13,16,20,24H,6,12,14-15,17-19H2,1-2H3/t24-,28+/m0/s1. The smallest absolute Gasteiger partial charge is 0.231 e. The summed E-state index contributed by atoms with van der Waals surface area (Å²) in [5, 5.41) is 4.54. The van der Waals surface area contributed by atoms with E-state index in [1.165, 1.54) is 12.1 Å². The minimum absolute atomic E-state index is 0.0778. The molecule has 0 N–H and O–H groups in total. The van der Waals surface area contributed by atoms with Crippen LogP contribution < -0.4 is 0 Å². The number of benzene rings is 1. The highest BCUT2D eigenvalue weighted by Gasteiger charge is 2.57. The van der Waals surface area contributed by atoms with E-state index < -0.39 is 11.2 Å². The van der Waals surface area contributed by atoms with Crippen LogP contribution >= 0.6 is 0 Å². The van der Waals surface area contributed by atoms with Crippen LogP contribution in [0.4, 0.5) is 4.39 Å². The molecule has 2 aliphatic heterocycles. The van der Waals surface area contributed by atoms with Crippen LogP contribution in [0, 0.1) is 11.2 Å². The van der Waals surface area contributed by atoms with Crippen LogP contribution in [0.1, 0.15) is 55.6 Å². The predicted molar refractivity (Wildman–Crippen MR) is 133 cm³/mol. The van der Waals surface area contributed by atoms with Crippen molar-refractivity contribution in [1.82, 2.24) is 24.6 Å². The first kappa shape index (κ1) is 24.2. The second-order valence-electron chi connectivity index (χ2n) is 10.2. The van der Waals surface area contributed by atoms with Crippen molar-refractivity contribution in [2.24, 2.45) is 5.41 Å². The molecule has 8 heteroatoms. The summed E-state index contributed by atoms with van der Waals surface area (Å²) in [4.78, 5) is 35.4. The number of hydrogen-bond acceptors (Lipinski definition) is 4. The van der Waals surface area contributed by atoms with Gasteiger partial charge in [-0.25, -0.2) is 4.39 Å². The van der Waals surface area contributed by atoms with Crippen LogP contribution in [0.25, 0.3) is 0 Å². The molecule has 2 atom stereocenters. The maximum atomic E-state index is 14.2. The Kier molecular flexibility index (Phi) is 6.60. The molecule has 2 amide bonds. The average Bonchev–Trinajstić information content (AvgIpc) is 3.50. The van der Waals surface area contributed by atoms with Gasteiger partial charge in [-0.2, -0.15) is 5.10 Å². The Morgan fingerprint density at radius 3 is 2.69 bits per heavy atom. The van der Waals surface area contributed by atoms with Crippen LogP contribution in [0.5, 0.6) is 0 Å². The highest BCUT2D eigenvalue weighted by molar-refractivity contribution is 5.88. The van der Waals surface area contributed by atoms with Gasteiger partial charge in [-0.15, -0.1) is 0 Å². The lowest BCUT2D eigenvalue weighted by Gasteiger charge is -2.42. The molecule has 1 spiro atoms. The Morgan fingerprint density at radius 1 is 1.17 bits per heavy atom. The Bertz CT molecular complexity index is 1230. The van der Waals surface area contributed by atoms with Crippen molar-refractivity contribution in [3.63, 3.8) is 0 Å². The third-order valence-corrected chi connectivity index (χ3v) is 7.54. The van der Waals surface area contributed by atoms with E-state index in [0.29, 0.717) is 31.9 Å². The van der Waals surface area contributed by atoms with Crippen LogP contribution in [0.15, 0.2) is 60.9 Å². The van der Waals surface area contributed by atoms with Gasteiger partial charge in [0.25, 0.3) is 0 Å². The van der Waals surface area contributed by atoms with Crippen LogP contribution in [0.2, 0.25) is 0 Å². The summed E-state index contributed by atoms with van der Waals surface area (Å²) in [7, 11) is 0. The number of nitrogens with zero attached hydrogens (tertiary/aromatic N) is 5. The zero-order chi connectivity index (χ0) is 25.3. The molecule has 5 rings (SSSR count). The van der Waals surface area contributed by atoms with Crippen molar-refractivity contribution in [3.8, 4) is 0 Å². The van der Waals surface area contributed by atoms with Gasteiger partial charge in [0.15, 0.2) is 0 Å². The Hall–Kier alpha value is -3.55. The van der Waals surface area contributed by atoms with E-state index >= 15 is 0 Å². The van der Waals surface area contributed by atoms with E-state index in [4.69, 9.17) is 0 Å². The first-order chi connectivity index (χ1) is 17.4. The number of piperidine rings is 1. The van der Waals surface area contributed by atoms with Crippen molar-refractivity contribution in [2.45, 2.75) is 51.6 Å². The summed E-state index contributed by atoms with van der Waals surface area (Å²) in [5.41, 5.74) is 1.91. The maximum Gasteiger partial charge on any atom is 0.231 e. The van der Waals surface area contributed by atoms with Crippen molar-refractivity contribution in [1.29, 1.82) is 0 Å². The summed E-state index contributed by atoms with van der Waals surface area (Å²) in [6, 6.07) is 15.0. The van der Waals surface area contributed by atoms with Gasteiger partial charge in [-0.05, 0) is 50.5 Å². The number of carbonyl (C=O) groups is 2. The topological polar surface area (TPSA) is 71.3 Å². The second kappa shape index (κ2) is 9.84. The van der Waals surface area contributed by atoms with Gasteiger partial charge >= 0.3 is 0 Å². The maximum absolute atomic E-state index is 14.2. The van der Waals surface area contributed by atoms with E-state index in [1.807, 2.05) is 46.0 Å². The van der Waals surface area contributed by atoms with Gasteiger partial charge in [-0.3, -0.25) is 19.3 Å². The van der Waals surface area contributed by atoms with E-state index in [2.05, 4.69) is 23.9 Å². The second-order valence-corrected chi connectivity index (χ2v) is 10.2. The molecule has 2 aliphatic rings. The fourth-order valence-corrected chi connectivity index (χ4v) is 5.82. The largest absolute Gasteiger partial charge is 0.341 e. The molecule has 3 aromatic rings. The molecule has 0 aliphatic carbocycles. The third-order valence-electron chi connectivity index (χ3n) is 7.54. The summed E-state index contributed by atoms with van der Waals surface area (Å²) < 4.78 is 15.3. The minimum atomic E-state index is -0.703. The zero-order valence-corrected chi connectivity index (χ0v) is 20.8. The van der Waals surface area contributed by atoms with Crippen LogP contribution in [-0.2, 0) is 22.6 Å². The molecular formula is C28H32FN5O2. The Labute approximate surface area is 210 Å². The molecular weight excluding hydrogens is 457 g/mol. The third kappa shape index (κ3) is 4.52. The first-order valence-corrected chi connectivity index (χ1v) is 12.6. The minimum Gasteiger partial charge on any atom is -0.341 e. The van der Waals surface area contributed by atoms with Crippen LogP contribution in [0.3, 0.4) is 0 Å². The van der Waals surface area contributed by atoms with Gasteiger partial charge in [0, 0.05) is 55.7 Å². The van der Waals surface area contributed by atoms with Gasteiger partial charge in [-0.1, -0.05) is 30.3 Å². The number of carbonyl (C=O) groups excluding carboxylic acids is 2. The number of hydrogen-bond donors (Lipinski definition) is 0. The first-order valence-electron chi connectivity index (χ1n) is 12.6. The molecule has 0 unspecified atom stereocenters. The number of aromatic nitrogens is 3. The molecule has 0 bridgehead atoms. The number of amides is 2. The lowest BCUT2D eigenvalue weighted by Crippen LogP contribution is -2.52. The number of pyridine rings is 1. The average molecular weight is 490 g/mol. The number of halogens is 1. The van der Waals surface area contributed by atoms with Gasteiger partial charge in [0.1, 0.15) is 5.82 Å². The van der Waals surface area contributed by atoms with Crippen molar-refractivity contribution in [3.05, 3.63) is 83.7 Å². The molecule has 188 valence electrons. The monoisotopic (exact) mass is 489 g/mol. The molecule has 0 radical (unpaired) electrons. The van der Waals surface area contributed by atoms with E-state index in [-0.39, 0.29) is 30.2 Å². The highest BCUT2D eigenvalue weighted by Crippen LogP contribution is 2.50. The fourth-order valence-electron chi connectivity index (χ4n) is 5.82. The lowest BCUT2D eigenvalue weighted by atomic mass is 9.70.